The maximum Gasteiger partial charge on any atom is 0.244 e. The lowest BCUT2D eigenvalue weighted by molar-refractivity contribution is -0.140. The average Bonchev–Trinajstić information content (AvgIpc) is 2.89. The highest BCUT2D eigenvalue weighted by molar-refractivity contribution is 7.92. The molecule has 0 unspecified atom stereocenters. The number of halogens is 1. The lowest BCUT2D eigenvalue weighted by atomic mass is 10.0. The summed E-state index contributed by atoms with van der Waals surface area (Å²) in [5.41, 5.74) is 2.02. The fraction of sp³-hybridized carbons (Fsp3) is 0.276. The number of sulfonamides is 1. The Bertz CT molecular complexity index is 1430. The predicted octanol–water partition coefficient (Wildman–Crippen LogP) is 4.08. The van der Waals surface area contributed by atoms with Crippen LogP contribution in [0.1, 0.15) is 35.3 Å². The molecule has 0 bridgehead atoms. The molecule has 0 aliphatic carbocycles. The van der Waals surface area contributed by atoms with Crippen LogP contribution >= 0.6 is 11.6 Å². The second kappa shape index (κ2) is 13.4. The van der Waals surface area contributed by atoms with Gasteiger partial charge >= 0.3 is 0 Å². The maximum absolute atomic E-state index is 14.0. The molecular weight excluding hydrogens is 538 g/mol. The number of amides is 2. The van der Waals surface area contributed by atoms with Gasteiger partial charge in [-0.25, -0.2) is 8.42 Å². The molecule has 0 aliphatic heterocycles. The largest absolute Gasteiger partial charge is 0.355 e. The molecule has 1 atom stereocenters. The number of rotatable bonds is 12. The van der Waals surface area contributed by atoms with Gasteiger partial charge in [0, 0.05) is 30.1 Å². The molecule has 1 N–H and O–H groups in total. The molecule has 3 aromatic rings. The number of hydrogen-bond donors (Lipinski definition) is 1. The zero-order valence-electron chi connectivity index (χ0n) is 22.1. The summed E-state index contributed by atoms with van der Waals surface area (Å²) < 4.78 is 26.6. The second-order valence-corrected chi connectivity index (χ2v) is 11.5. The molecule has 2 amide bonds. The summed E-state index contributed by atoms with van der Waals surface area (Å²) in [5.74, 6) is -1.18. The third-order valence-corrected chi connectivity index (χ3v) is 7.46. The Morgan fingerprint density at radius 3 is 2.21 bits per heavy atom. The van der Waals surface area contributed by atoms with E-state index in [0.29, 0.717) is 22.7 Å². The van der Waals surface area contributed by atoms with E-state index in [1.54, 1.807) is 43.3 Å². The number of ketones is 1. The zero-order valence-corrected chi connectivity index (χ0v) is 23.7. The van der Waals surface area contributed by atoms with E-state index in [9.17, 15) is 22.8 Å². The summed E-state index contributed by atoms with van der Waals surface area (Å²) in [5, 5.41) is 3.27. The molecule has 10 heteroatoms. The first-order valence-corrected chi connectivity index (χ1v) is 14.7. The zero-order chi connectivity index (χ0) is 28.6. The summed E-state index contributed by atoms with van der Waals surface area (Å²) in [4.78, 5) is 40.6. The summed E-state index contributed by atoms with van der Waals surface area (Å²) in [6, 6.07) is 21.4. The number of anilines is 1. The van der Waals surface area contributed by atoms with Crippen LogP contribution in [0.4, 0.5) is 5.69 Å². The van der Waals surface area contributed by atoms with Gasteiger partial charge in [-0.05, 0) is 49.2 Å². The smallest absolute Gasteiger partial charge is 0.244 e. The minimum atomic E-state index is -3.93. The predicted molar refractivity (Wildman–Crippen MR) is 153 cm³/mol. The van der Waals surface area contributed by atoms with E-state index >= 15 is 0 Å². The molecule has 3 rings (SSSR count). The van der Waals surface area contributed by atoms with Crippen molar-refractivity contribution < 1.29 is 22.8 Å². The molecule has 0 aromatic heterocycles. The first-order valence-electron chi connectivity index (χ1n) is 12.4. The van der Waals surface area contributed by atoms with Crippen LogP contribution in [-0.4, -0.2) is 56.3 Å². The molecule has 0 saturated carbocycles. The van der Waals surface area contributed by atoms with Gasteiger partial charge in [0.1, 0.15) is 12.6 Å². The Labute approximate surface area is 234 Å². The molecule has 0 aliphatic rings. The van der Waals surface area contributed by atoms with Crippen molar-refractivity contribution in [2.24, 2.45) is 0 Å². The van der Waals surface area contributed by atoms with Crippen molar-refractivity contribution in [1.82, 2.24) is 10.2 Å². The summed E-state index contributed by atoms with van der Waals surface area (Å²) in [7, 11) is -3.93. The van der Waals surface area contributed by atoms with Crippen molar-refractivity contribution in [2.45, 2.75) is 32.9 Å². The van der Waals surface area contributed by atoms with Gasteiger partial charge in [0.15, 0.2) is 5.78 Å². The van der Waals surface area contributed by atoms with Crippen molar-refractivity contribution in [3.05, 3.63) is 101 Å². The van der Waals surface area contributed by atoms with Gasteiger partial charge < -0.3 is 10.2 Å². The number of hydrogen-bond acceptors (Lipinski definition) is 5. The monoisotopic (exact) mass is 569 g/mol. The first-order chi connectivity index (χ1) is 18.5. The third-order valence-electron chi connectivity index (χ3n) is 6.08. The Morgan fingerprint density at radius 2 is 1.59 bits per heavy atom. The van der Waals surface area contributed by atoms with E-state index < -0.39 is 28.5 Å². The fourth-order valence-electron chi connectivity index (χ4n) is 4.17. The highest BCUT2D eigenvalue weighted by Crippen LogP contribution is 2.22. The van der Waals surface area contributed by atoms with Gasteiger partial charge in [0.25, 0.3) is 0 Å². The van der Waals surface area contributed by atoms with Gasteiger partial charge in [-0.3, -0.25) is 18.7 Å². The molecule has 206 valence electrons. The fourth-order valence-corrected chi connectivity index (χ4v) is 5.23. The number of carbonyl (C=O) groups excluding carboxylic acids is 3. The highest BCUT2D eigenvalue weighted by atomic mass is 35.5. The number of Topliss-reactive ketones (excluding diaryl/α,β-unsaturated/α-hetero) is 1. The van der Waals surface area contributed by atoms with Crippen LogP contribution in [0.25, 0.3) is 0 Å². The van der Waals surface area contributed by atoms with Crippen LogP contribution in [0.5, 0.6) is 0 Å². The number of benzene rings is 3. The van der Waals surface area contributed by atoms with Crippen molar-refractivity contribution in [2.75, 3.05) is 23.7 Å². The second-order valence-electron chi connectivity index (χ2n) is 9.13. The molecule has 3 aromatic carbocycles. The molecule has 0 heterocycles. The van der Waals surface area contributed by atoms with Crippen molar-refractivity contribution in [3.8, 4) is 0 Å². The molecule has 39 heavy (non-hydrogen) atoms. The molecule has 0 spiro atoms. The standard InChI is InChI=1S/C29H32ClN3O5S/c1-4-31-29(36)27(17-22-10-6-5-7-11-22)32(19-23-12-8-14-25(30)16-23)28(35)20-33(39(3,37)38)26-15-9-13-24(18-26)21(2)34/h5-16,18,27H,4,17,19-20H2,1-3H3,(H,31,36)/t27-/m1/s1. The van der Waals surface area contributed by atoms with Gasteiger partial charge in [-0.2, -0.15) is 0 Å². The summed E-state index contributed by atoms with van der Waals surface area (Å²) >= 11 is 6.20. The lowest BCUT2D eigenvalue weighted by Crippen LogP contribution is -2.53. The van der Waals surface area contributed by atoms with Crippen LogP contribution < -0.4 is 9.62 Å². The quantitative estimate of drug-likeness (QED) is 0.331. The average molecular weight is 570 g/mol. The molecule has 0 fully saturated rings. The van der Waals surface area contributed by atoms with Crippen LogP contribution in [-0.2, 0) is 32.6 Å². The van der Waals surface area contributed by atoms with Crippen molar-refractivity contribution >= 4 is 44.9 Å². The normalized spacial score (nSPS) is 11.9. The highest BCUT2D eigenvalue weighted by Gasteiger charge is 2.33. The summed E-state index contributed by atoms with van der Waals surface area (Å²) in [6.07, 6.45) is 1.21. The Morgan fingerprint density at radius 1 is 0.923 bits per heavy atom. The molecule has 0 radical (unpaired) electrons. The van der Waals surface area contributed by atoms with Crippen molar-refractivity contribution in [1.29, 1.82) is 0 Å². The minimum Gasteiger partial charge on any atom is -0.355 e. The Balaban J connectivity index is 2.06. The summed E-state index contributed by atoms with van der Waals surface area (Å²) in [6.45, 7) is 2.98. The van der Waals surface area contributed by atoms with Crippen molar-refractivity contribution in [3.63, 3.8) is 0 Å². The van der Waals surface area contributed by atoms with E-state index in [-0.39, 0.29) is 30.3 Å². The Hall–Kier alpha value is -3.69. The van der Waals surface area contributed by atoms with Crippen LogP contribution in [0.15, 0.2) is 78.9 Å². The number of nitrogens with one attached hydrogen (secondary N) is 1. The van der Waals surface area contributed by atoms with E-state index in [1.807, 2.05) is 30.3 Å². The van der Waals surface area contributed by atoms with E-state index in [4.69, 9.17) is 11.6 Å². The Kier molecular flexibility index (Phi) is 10.3. The van der Waals surface area contributed by atoms with E-state index in [1.165, 1.54) is 24.0 Å². The topological polar surface area (TPSA) is 104 Å². The van der Waals surface area contributed by atoms with Gasteiger partial charge in [0.2, 0.25) is 21.8 Å². The van der Waals surface area contributed by atoms with E-state index in [2.05, 4.69) is 5.32 Å². The SMILES string of the molecule is CCNC(=O)[C@@H](Cc1ccccc1)N(Cc1cccc(Cl)c1)C(=O)CN(c1cccc(C(C)=O)c1)S(C)(=O)=O. The third kappa shape index (κ3) is 8.40. The molecule has 0 saturated heterocycles. The van der Waals surface area contributed by atoms with Crippen LogP contribution in [0.2, 0.25) is 5.02 Å². The number of likely N-dealkylation sites (N-methyl/N-ethyl adjacent to an activating group) is 1. The van der Waals surface area contributed by atoms with Crippen LogP contribution in [0.3, 0.4) is 0 Å². The minimum absolute atomic E-state index is 0.0269. The van der Waals surface area contributed by atoms with E-state index in [0.717, 1.165) is 16.1 Å². The van der Waals surface area contributed by atoms with Crippen LogP contribution in [0, 0.1) is 0 Å². The van der Waals surface area contributed by atoms with Gasteiger partial charge in [0.05, 0.1) is 11.9 Å². The van der Waals surface area contributed by atoms with Gasteiger partial charge in [-0.15, -0.1) is 0 Å². The molecule has 8 nitrogen and oxygen atoms in total. The number of carbonyl (C=O) groups is 3. The number of nitrogens with zero attached hydrogens (tertiary/aromatic N) is 2. The molecular formula is C29H32ClN3O5S. The van der Waals surface area contributed by atoms with Gasteiger partial charge in [-0.1, -0.05) is 66.2 Å². The first kappa shape index (κ1) is 29.9. The maximum atomic E-state index is 14.0. The lowest BCUT2D eigenvalue weighted by Gasteiger charge is -2.33.